The van der Waals surface area contributed by atoms with Gasteiger partial charge in [-0.2, -0.15) is 5.26 Å². The van der Waals surface area contributed by atoms with E-state index in [4.69, 9.17) is 27.9 Å². The largest absolute Gasteiger partial charge is 0.497 e. The molecule has 0 saturated heterocycles. The molecule has 0 radical (unpaired) electrons. The van der Waals surface area contributed by atoms with Gasteiger partial charge in [-0.25, -0.2) is 0 Å². The van der Waals surface area contributed by atoms with E-state index in [0.717, 1.165) is 11.3 Å². The average Bonchev–Trinajstić information content (AvgIpc) is 2.46. The summed E-state index contributed by atoms with van der Waals surface area (Å²) in [6, 6.07) is 14.7. The fraction of sp³-hybridized carbons (Fsp3) is 0.0625. The van der Waals surface area contributed by atoms with Gasteiger partial charge in [0.2, 0.25) is 0 Å². The minimum atomic E-state index is 0.457. The molecule has 2 aromatic carbocycles. The summed E-state index contributed by atoms with van der Waals surface area (Å²) >= 11 is 12.0. The molecule has 0 aliphatic rings. The highest BCUT2D eigenvalue weighted by Crippen LogP contribution is 2.28. The van der Waals surface area contributed by atoms with E-state index < -0.39 is 0 Å². The molecule has 0 N–H and O–H groups in total. The summed E-state index contributed by atoms with van der Waals surface area (Å²) in [6.45, 7) is 0. The van der Waals surface area contributed by atoms with Gasteiger partial charge >= 0.3 is 0 Å². The van der Waals surface area contributed by atoms with Crippen LogP contribution >= 0.6 is 23.2 Å². The summed E-state index contributed by atoms with van der Waals surface area (Å²) in [6.07, 6.45) is 1.77. The second-order valence-electron chi connectivity index (χ2n) is 4.07. The number of nitrogens with zero attached hydrogens (tertiary/aromatic N) is 1. The van der Waals surface area contributed by atoms with Crippen molar-refractivity contribution in [3.8, 4) is 11.8 Å². The number of halogens is 2. The van der Waals surface area contributed by atoms with Crippen LogP contribution in [0.4, 0.5) is 0 Å². The molecule has 0 fully saturated rings. The molecule has 2 aromatic rings. The second kappa shape index (κ2) is 6.47. The van der Waals surface area contributed by atoms with Gasteiger partial charge in [0.1, 0.15) is 5.75 Å². The van der Waals surface area contributed by atoms with E-state index in [0.29, 0.717) is 21.2 Å². The van der Waals surface area contributed by atoms with Crippen LogP contribution in [0, 0.1) is 11.3 Å². The van der Waals surface area contributed by atoms with Gasteiger partial charge in [0, 0.05) is 10.6 Å². The highest BCUT2D eigenvalue weighted by molar-refractivity contribution is 6.36. The zero-order valence-electron chi connectivity index (χ0n) is 10.7. The Labute approximate surface area is 127 Å². The Morgan fingerprint density at radius 1 is 1.15 bits per heavy atom. The van der Waals surface area contributed by atoms with Gasteiger partial charge < -0.3 is 4.74 Å². The lowest BCUT2D eigenvalue weighted by molar-refractivity contribution is 0.415. The molecule has 0 spiro atoms. The maximum absolute atomic E-state index is 9.30. The highest BCUT2D eigenvalue weighted by atomic mass is 35.5. The Morgan fingerprint density at radius 2 is 1.85 bits per heavy atom. The number of allylic oxidation sites excluding steroid dienone is 1. The molecular weight excluding hydrogens is 293 g/mol. The van der Waals surface area contributed by atoms with Gasteiger partial charge in [0.25, 0.3) is 0 Å². The summed E-state index contributed by atoms with van der Waals surface area (Å²) in [5, 5.41) is 10.3. The van der Waals surface area contributed by atoms with Crippen molar-refractivity contribution in [1.29, 1.82) is 5.26 Å². The second-order valence-corrected chi connectivity index (χ2v) is 4.91. The number of hydrogen-bond donors (Lipinski definition) is 0. The number of hydrogen-bond acceptors (Lipinski definition) is 2. The van der Waals surface area contributed by atoms with Crippen molar-refractivity contribution in [2.24, 2.45) is 0 Å². The molecule has 0 heterocycles. The molecule has 0 aliphatic carbocycles. The zero-order chi connectivity index (χ0) is 14.5. The number of benzene rings is 2. The smallest absolute Gasteiger partial charge is 0.118 e. The van der Waals surface area contributed by atoms with E-state index in [1.807, 2.05) is 24.3 Å². The Morgan fingerprint density at radius 3 is 2.40 bits per heavy atom. The third kappa shape index (κ3) is 3.33. The number of methoxy groups -OCH3 is 1. The van der Waals surface area contributed by atoms with Crippen LogP contribution in [0.25, 0.3) is 11.6 Å². The average molecular weight is 304 g/mol. The van der Waals surface area contributed by atoms with Crippen LogP contribution in [0.5, 0.6) is 5.75 Å². The van der Waals surface area contributed by atoms with Crippen molar-refractivity contribution >= 4 is 34.9 Å². The predicted octanol–water partition coefficient (Wildman–Crippen LogP) is 5.07. The first-order valence-corrected chi connectivity index (χ1v) is 6.61. The predicted molar refractivity (Wildman–Crippen MR) is 82.9 cm³/mol. The minimum absolute atomic E-state index is 0.457. The van der Waals surface area contributed by atoms with Gasteiger partial charge in [0.05, 0.1) is 23.8 Å². The Hall–Kier alpha value is -1.95. The maximum Gasteiger partial charge on any atom is 0.118 e. The fourth-order valence-corrected chi connectivity index (χ4v) is 2.26. The molecule has 0 saturated carbocycles. The van der Waals surface area contributed by atoms with E-state index >= 15 is 0 Å². The van der Waals surface area contributed by atoms with Crippen LogP contribution in [0.2, 0.25) is 10.0 Å². The van der Waals surface area contributed by atoms with Crippen LogP contribution in [-0.2, 0) is 0 Å². The lowest BCUT2D eigenvalue weighted by Gasteiger charge is -2.04. The first-order valence-electron chi connectivity index (χ1n) is 5.85. The van der Waals surface area contributed by atoms with Gasteiger partial charge in [-0.05, 0) is 35.9 Å². The van der Waals surface area contributed by atoms with E-state index in [1.165, 1.54) is 0 Å². The summed E-state index contributed by atoms with van der Waals surface area (Å²) in [5.74, 6) is 0.769. The molecule has 0 bridgehead atoms. The zero-order valence-corrected chi connectivity index (χ0v) is 12.2. The summed E-state index contributed by atoms with van der Waals surface area (Å²) < 4.78 is 5.10. The summed E-state index contributed by atoms with van der Waals surface area (Å²) in [5.41, 5.74) is 2.04. The first kappa shape index (κ1) is 14.5. The van der Waals surface area contributed by atoms with Crippen LogP contribution in [-0.4, -0.2) is 7.11 Å². The molecule has 20 heavy (non-hydrogen) atoms. The Kier molecular flexibility index (Phi) is 4.68. The summed E-state index contributed by atoms with van der Waals surface area (Å²) in [7, 11) is 1.61. The number of nitriles is 1. The lowest BCUT2D eigenvalue weighted by Crippen LogP contribution is -1.85. The minimum Gasteiger partial charge on any atom is -0.497 e. The van der Waals surface area contributed by atoms with Gasteiger partial charge in [-0.15, -0.1) is 0 Å². The van der Waals surface area contributed by atoms with Gasteiger partial charge in [-0.1, -0.05) is 41.4 Å². The van der Waals surface area contributed by atoms with Crippen molar-refractivity contribution in [2.75, 3.05) is 7.11 Å². The van der Waals surface area contributed by atoms with Crippen LogP contribution in [0.3, 0.4) is 0 Å². The standard InChI is InChI=1S/C16H11Cl2NO/c1-20-14-5-2-11(3-6-14)8-12(10-19)15-7-4-13(17)9-16(15)18/h2-9H,1H3/b12-8-. The molecule has 0 aromatic heterocycles. The Bertz CT molecular complexity index is 685. The van der Waals surface area contributed by atoms with Crippen molar-refractivity contribution in [2.45, 2.75) is 0 Å². The molecule has 0 amide bonds. The monoisotopic (exact) mass is 303 g/mol. The molecular formula is C16H11Cl2NO. The molecule has 4 heteroatoms. The molecule has 2 nitrogen and oxygen atoms in total. The lowest BCUT2D eigenvalue weighted by atomic mass is 10.0. The van der Waals surface area contributed by atoms with E-state index in [1.54, 1.807) is 31.4 Å². The van der Waals surface area contributed by atoms with E-state index in [2.05, 4.69) is 6.07 Å². The van der Waals surface area contributed by atoms with Crippen LogP contribution in [0.1, 0.15) is 11.1 Å². The van der Waals surface area contributed by atoms with Crippen molar-refractivity contribution in [3.63, 3.8) is 0 Å². The third-order valence-corrected chi connectivity index (χ3v) is 3.32. The van der Waals surface area contributed by atoms with Gasteiger partial charge in [-0.3, -0.25) is 0 Å². The first-order chi connectivity index (χ1) is 9.63. The van der Waals surface area contributed by atoms with E-state index in [-0.39, 0.29) is 0 Å². The molecule has 0 unspecified atom stereocenters. The molecule has 0 atom stereocenters. The number of rotatable bonds is 3. The van der Waals surface area contributed by atoms with Gasteiger partial charge in [0.15, 0.2) is 0 Å². The normalized spacial score (nSPS) is 11.0. The maximum atomic E-state index is 9.30. The SMILES string of the molecule is COc1ccc(/C=C(/C#N)c2ccc(Cl)cc2Cl)cc1. The van der Waals surface area contributed by atoms with Crippen LogP contribution < -0.4 is 4.74 Å². The van der Waals surface area contributed by atoms with E-state index in [9.17, 15) is 5.26 Å². The Balaban J connectivity index is 2.40. The fourth-order valence-electron chi connectivity index (χ4n) is 1.74. The molecule has 2 rings (SSSR count). The molecule has 100 valence electrons. The van der Waals surface area contributed by atoms with Crippen molar-refractivity contribution in [1.82, 2.24) is 0 Å². The van der Waals surface area contributed by atoms with Crippen LogP contribution in [0.15, 0.2) is 42.5 Å². The topological polar surface area (TPSA) is 33.0 Å². The van der Waals surface area contributed by atoms with Crippen molar-refractivity contribution < 1.29 is 4.74 Å². The quantitative estimate of drug-likeness (QED) is 0.586. The number of ether oxygens (including phenoxy) is 1. The highest BCUT2D eigenvalue weighted by Gasteiger charge is 2.07. The third-order valence-electron chi connectivity index (χ3n) is 2.77. The summed E-state index contributed by atoms with van der Waals surface area (Å²) in [4.78, 5) is 0. The molecule has 0 aliphatic heterocycles. The van der Waals surface area contributed by atoms with Crippen molar-refractivity contribution in [3.05, 3.63) is 63.6 Å².